The van der Waals surface area contributed by atoms with Crippen molar-refractivity contribution in [2.75, 3.05) is 30.8 Å². The Labute approximate surface area is 203 Å². The molecular formula is C24H28N8O3. The maximum Gasteiger partial charge on any atom is 0.254 e. The van der Waals surface area contributed by atoms with E-state index in [0.717, 1.165) is 24.9 Å². The van der Waals surface area contributed by atoms with Gasteiger partial charge in [0.05, 0.1) is 30.7 Å². The summed E-state index contributed by atoms with van der Waals surface area (Å²) in [7, 11) is 1.57. The largest absolute Gasteiger partial charge is 0.495 e. The normalized spacial score (nSPS) is 15.4. The van der Waals surface area contributed by atoms with Crippen LogP contribution in [-0.2, 0) is 4.79 Å². The second-order valence-electron chi connectivity index (χ2n) is 8.22. The third kappa shape index (κ3) is 5.24. The Hall–Kier alpha value is -4.41. The van der Waals surface area contributed by atoms with Gasteiger partial charge in [-0.3, -0.25) is 14.3 Å². The summed E-state index contributed by atoms with van der Waals surface area (Å²) in [6.07, 6.45) is 8.02. The van der Waals surface area contributed by atoms with Crippen molar-refractivity contribution in [3.05, 3.63) is 60.6 Å². The lowest BCUT2D eigenvalue weighted by Gasteiger charge is -2.32. The van der Waals surface area contributed by atoms with Crippen LogP contribution in [0.5, 0.6) is 5.75 Å². The monoisotopic (exact) mass is 476 g/mol. The molecule has 2 amide bonds. The van der Waals surface area contributed by atoms with E-state index in [1.165, 1.54) is 12.3 Å². The van der Waals surface area contributed by atoms with Crippen molar-refractivity contribution >= 4 is 35.0 Å². The molecule has 3 aromatic rings. The zero-order valence-corrected chi connectivity index (χ0v) is 19.7. The van der Waals surface area contributed by atoms with Crippen LogP contribution >= 0.6 is 0 Å². The number of carbonyl (C=O) groups is 2. The van der Waals surface area contributed by atoms with E-state index >= 15 is 0 Å². The van der Waals surface area contributed by atoms with Gasteiger partial charge in [-0.15, -0.1) is 0 Å². The van der Waals surface area contributed by atoms with Crippen molar-refractivity contribution in [2.24, 2.45) is 5.73 Å². The molecule has 182 valence electrons. The molecule has 0 aliphatic carbocycles. The molecule has 0 unspecified atom stereocenters. The van der Waals surface area contributed by atoms with Crippen molar-refractivity contribution in [1.29, 1.82) is 0 Å². The summed E-state index contributed by atoms with van der Waals surface area (Å²) < 4.78 is 7.27. The van der Waals surface area contributed by atoms with Crippen LogP contribution in [0.25, 0.3) is 0 Å². The molecule has 1 saturated heterocycles. The number of methoxy groups -OCH3 is 1. The number of nitrogens with two attached hydrogens (primary N) is 1. The minimum atomic E-state index is -0.657. The maximum absolute atomic E-state index is 12.0. The first kappa shape index (κ1) is 23.7. The lowest BCUT2D eigenvalue weighted by molar-refractivity contribution is -0.127. The van der Waals surface area contributed by atoms with Crippen LogP contribution in [0.3, 0.4) is 0 Å². The Morgan fingerprint density at radius 3 is 2.86 bits per heavy atom. The Bertz CT molecular complexity index is 1260. The topological polar surface area (TPSA) is 140 Å². The number of hydrogen-bond donors (Lipinski definition) is 3. The number of aryl methyl sites for hydroxylation is 1. The van der Waals surface area contributed by atoms with Crippen molar-refractivity contribution in [3.63, 3.8) is 0 Å². The zero-order chi connectivity index (χ0) is 24.9. The summed E-state index contributed by atoms with van der Waals surface area (Å²) >= 11 is 0. The van der Waals surface area contributed by atoms with E-state index in [9.17, 15) is 9.59 Å². The average molecular weight is 477 g/mol. The first-order valence-electron chi connectivity index (χ1n) is 11.2. The molecule has 35 heavy (non-hydrogen) atoms. The SMILES string of the molecule is C=CC(=O)N1CCC[C@@H](n2cc(Nc3ncc(C(N)=O)c(Nc4c(C)cccc4OC)n3)cn2)C1. The Balaban J connectivity index is 1.55. The Kier molecular flexibility index (Phi) is 6.95. The third-order valence-corrected chi connectivity index (χ3v) is 5.87. The molecule has 2 aromatic heterocycles. The van der Waals surface area contributed by atoms with Gasteiger partial charge in [0.1, 0.15) is 17.1 Å². The maximum atomic E-state index is 12.0. The number of para-hydroxylation sites is 1. The van der Waals surface area contributed by atoms with Gasteiger partial charge in [0.25, 0.3) is 5.91 Å². The molecule has 1 fully saturated rings. The zero-order valence-electron chi connectivity index (χ0n) is 19.7. The summed E-state index contributed by atoms with van der Waals surface area (Å²) in [6.45, 7) is 6.78. The van der Waals surface area contributed by atoms with Gasteiger partial charge < -0.3 is 26.0 Å². The number of carbonyl (C=O) groups excluding carboxylic acids is 2. The fourth-order valence-electron chi connectivity index (χ4n) is 4.04. The number of ether oxygens (including phenoxy) is 1. The summed E-state index contributed by atoms with van der Waals surface area (Å²) in [5.41, 5.74) is 7.94. The molecule has 1 aromatic carbocycles. The number of anilines is 4. The van der Waals surface area contributed by atoms with Gasteiger partial charge >= 0.3 is 0 Å². The molecule has 0 saturated carbocycles. The molecule has 0 radical (unpaired) electrons. The van der Waals surface area contributed by atoms with Crippen molar-refractivity contribution in [2.45, 2.75) is 25.8 Å². The van der Waals surface area contributed by atoms with Crippen molar-refractivity contribution in [3.8, 4) is 5.75 Å². The quantitative estimate of drug-likeness (QED) is 0.422. The van der Waals surface area contributed by atoms with Gasteiger partial charge in [0, 0.05) is 25.5 Å². The molecule has 11 nitrogen and oxygen atoms in total. The smallest absolute Gasteiger partial charge is 0.254 e. The molecule has 1 aliphatic heterocycles. The molecule has 4 rings (SSSR count). The van der Waals surface area contributed by atoms with Crippen LogP contribution in [0.2, 0.25) is 0 Å². The molecule has 1 aliphatic rings. The highest BCUT2D eigenvalue weighted by Gasteiger charge is 2.24. The third-order valence-electron chi connectivity index (χ3n) is 5.87. The first-order valence-corrected chi connectivity index (χ1v) is 11.2. The van der Waals surface area contributed by atoms with Crippen LogP contribution in [0.15, 0.2) is 49.4 Å². The van der Waals surface area contributed by atoms with Gasteiger partial charge in [-0.25, -0.2) is 4.98 Å². The van der Waals surface area contributed by atoms with E-state index < -0.39 is 5.91 Å². The average Bonchev–Trinajstić information content (AvgIpc) is 3.33. The molecule has 3 heterocycles. The summed E-state index contributed by atoms with van der Waals surface area (Å²) in [6, 6.07) is 5.66. The number of likely N-dealkylation sites (tertiary alicyclic amines) is 1. The number of rotatable bonds is 8. The van der Waals surface area contributed by atoms with E-state index in [4.69, 9.17) is 10.5 Å². The molecule has 0 bridgehead atoms. The number of nitrogens with one attached hydrogen (secondary N) is 2. The highest BCUT2D eigenvalue weighted by Crippen LogP contribution is 2.32. The van der Waals surface area contributed by atoms with Crippen LogP contribution < -0.4 is 21.1 Å². The number of amides is 2. The van der Waals surface area contributed by atoms with Crippen LogP contribution in [0.4, 0.5) is 23.1 Å². The number of nitrogens with zero attached hydrogens (tertiary/aromatic N) is 5. The van der Waals surface area contributed by atoms with Crippen LogP contribution in [0.1, 0.15) is 34.8 Å². The van der Waals surface area contributed by atoms with E-state index in [0.29, 0.717) is 23.7 Å². The molecule has 4 N–H and O–H groups in total. The fourth-order valence-corrected chi connectivity index (χ4v) is 4.04. The highest BCUT2D eigenvalue weighted by atomic mass is 16.5. The van der Waals surface area contributed by atoms with Gasteiger partial charge in [-0.05, 0) is 37.5 Å². The number of benzene rings is 1. The Morgan fingerprint density at radius 1 is 1.29 bits per heavy atom. The van der Waals surface area contributed by atoms with Gasteiger partial charge in [0.15, 0.2) is 0 Å². The summed E-state index contributed by atoms with van der Waals surface area (Å²) in [5, 5.41) is 10.7. The second kappa shape index (κ2) is 10.2. The number of hydrogen-bond acceptors (Lipinski definition) is 8. The lowest BCUT2D eigenvalue weighted by atomic mass is 10.1. The Morgan fingerprint density at radius 2 is 2.11 bits per heavy atom. The number of primary amides is 1. The van der Waals surface area contributed by atoms with Gasteiger partial charge in [-0.1, -0.05) is 18.7 Å². The molecule has 11 heteroatoms. The van der Waals surface area contributed by atoms with E-state index in [1.54, 1.807) is 18.2 Å². The predicted octanol–water partition coefficient (Wildman–Crippen LogP) is 2.93. The van der Waals surface area contributed by atoms with Crippen molar-refractivity contribution in [1.82, 2.24) is 24.6 Å². The summed E-state index contributed by atoms with van der Waals surface area (Å²) in [5.74, 6) is 0.382. The van der Waals surface area contributed by atoms with E-state index in [1.807, 2.05) is 36.0 Å². The minimum Gasteiger partial charge on any atom is -0.495 e. The van der Waals surface area contributed by atoms with Gasteiger partial charge in [-0.2, -0.15) is 10.1 Å². The number of piperidine rings is 1. The first-order chi connectivity index (χ1) is 16.9. The number of aromatic nitrogens is 4. The standard InChI is InChI=1S/C24H28N8O3/c1-4-20(33)31-10-6-8-17(14-31)32-13-16(11-27-32)28-24-26-12-18(22(25)34)23(30-24)29-21-15(2)7-5-9-19(21)35-3/h4-5,7,9,11-13,17H,1,6,8,10,14H2,2-3H3,(H2,25,34)(H2,26,28,29,30)/t17-/m1/s1. The predicted molar refractivity (Wildman–Crippen MR) is 132 cm³/mol. The molecule has 1 atom stereocenters. The molecular weight excluding hydrogens is 448 g/mol. The van der Waals surface area contributed by atoms with Crippen LogP contribution in [-0.4, -0.2) is 56.7 Å². The van der Waals surface area contributed by atoms with Gasteiger partial charge in [0.2, 0.25) is 11.9 Å². The second-order valence-corrected chi connectivity index (χ2v) is 8.22. The highest BCUT2D eigenvalue weighted by molar-refractivity contribution is 5.98. The lowest BCUT2D eigenvalue weighted by Crippen LogP contribution is -2.39. The minimum absolute atomic E-state index is 0.0621. The van der Waals surface area contributed by atoms with Crippen molar-refractivity contribution < 1.29 is 14.3 Å². The van der Waals surface area contributed by atoms with E-state index in [-0.39, 0.29) is 29.3 Å². The summed E-state index contributed by atoms with van der Waals surface area (Å²) in [4.78, 5) is 34.5. The van der Waals surface area contributed by atoms with Crippen LogP contribution in [0, 0.1) is 6.92 Å². The van der Waals surface area contributed by atoms with E-state index in [2.05, 4.69) is 32.3 Å². The fraction of sp³-hybridized carbons (Fsp3) is 0.292. The molecule has 0 spiro atoms.